The fourth-order valence-electron chi connectivity index (χ4n) is 1.44. The predicted molar refractivity (Wildman–Crippen MR) is 58.3 cm³/mol. The van der Waals surface area contributed by atoms with Crippen LogP contribution in [0.25, 0.3) is 0 Å². The van der Waals surface area contributed by atoms with E-state index in [1.807, 2.05) is 0 Å². The highest BCUT2D eigenvalue weighted by Gasteiger charge is 2.21. The van der Waals surface area contributed by atoms with Crippen molar-refractivity contribution in [1.82, 2.24) is 0 Å². The normalized spacial score (nSPS) is 12.4. The maximum Gasteiger partial charge on any atom is 0.491 e. The summed E-state index contributed by atoms with van der Waals surface area (Å²) in [5.74, 6) is -0.688. The van der Waals surface area contributed by atoms with E-state index in [-0.39, 0.29) is 18.0 Å². The number of hydrogen-bond donors (Lipinski definition) is 3. The van der Waals surface area contributed by atoms with E-state index in [1.165, 1.54) is 13.2 Å². The lowest BCUT2D eigenvalue weighted by Crippen LogP contribution is -2.33. The van der Waals surface area contributed by atoms with E-state index >= 15 is 0 Å². The minimum atomic E-state index is -1.88. The first-order valence-corrected chi connectivity index (χ1v) is 4.85. The third-order valence-electron chi connectivity index (χ3n) is 2.43. The van der Waals surface area contributed by atoms with E-state index in [9.17, 15) is 4.39 Å². The van der Waals surface area contributed by atoms with Crippen molar-refractivity contribution in [2.45, 2.75) is 12.8 Å². The topological polar surface area (TPSA) is 69.9 Å². The molecule has 0 bridgehead atoms. The lowest BCUT2D eigenvalue weighted by atomic mass is 9.78. The van der Waals surface area contributed by atoms with E-state index in [1.54, 1.807) is 6.92 Å². The molecule has 0 aliphatic carbocycles. The van der Waals surface area contributed by atoms with Crippen LogP contribution in [0, 0.1) is 5.82 Å². The highest BCUT2D eigenvalue weighted by molar-refractivity contribution is 6.58. The van der Waals surface area contributed by atoms with Crippen LogP contribution in [0.5, 0.6) is 5.75 Å². The fourth-order valence-corrected chi connectivity index (χ4v) is 1.44. The van der Waals surface area contributed by atoms with Crippen LogP contribution in [-0.2, 0) is 0 Å². The van der Waals surface area contributed by atoms with Gasteiger partial charge in [-0.25, -0.2) is 4.39 Å². The SMILES string of the molecule is COc1cc(B(O)O)c(F)cc1C(C)CO. The zero-order chi connectivity index (χ0) is 12.3. The van der Waals surface area contributed by atoms with Crippen molar-refractivity contribution in [2.75, 3.05) is 13.7 Å². The Kier molecular flexibility index (Phi) is 4.29. The third-order valence-corrected chi connectivity index (χ3v) is 2.43. The molecule has 0 spiro atoms. The Morgan fingerprint density at radius 2 is 2.06 bits per heavy atom. The summed E-state index contributed by atoms with van der Waals surface area (Å²) >= 11 is 0. The summed E-state index contributed by atoms with van der Waals surface area (Å²) in [6.07, 6.45) is 0. The van der Waals surface area contributed by atoms with Gasteiger partial charge in [-0.2, -0.15) is 0 Å². The van der Waals surface area contributed by atoms with Gasteiger partial charge in [0.25, 0.3) is 0 Å². The molecule has 0 amide bonds. The van der Waals surface area contributed by atoms with Gasteiger partial charge >= 0.3 is 7.12 Å². The monoisotopic (exact) mass is 228 g/mol. The highest BCUT2D eigenvalue weighted by atomic mass is 19.1. The Labute approximate surface area is 93.4 Å². The van der Waals surface area contributed by atoms with Crippen molar-refractivity contribution < 1.29 is 24.3 Å². The second kappa shape index (κ2) is 5.29. The van der Waals surface area contributed by atoms with E-state index < -0.39 is 12.9 Å². The van der Waals surface area contributed by atoms with Gasteiger partial charge in [0.1, 0.15) is 11.6 Å². The summed E-state index contributed by atoms with van der Waals surface area (Å²) in [7, 11) is -0.485. The Hall–Kier alpha value is -1.11. The van der Waals surface area contributed by atoms with Crippen LogP contribution in [0.15, 0.2) is 12.1 Å². The quantitative estimate of drug-likeness (QED) is 0.614. The summed E-state index contributed by atoms with van der Waals surface area (Å²) in [4.78, 5) is 0. The zero-order valence-electron chi connectivity index (χ0n) is 9.14. The van der Waals surface area contributed by atoms with Crippen molar-refractivity contribution in [3.8, 4) is 5.75 Å². The largest absolute Gasteiger partial charge is 0.496 e. The van der Waals surface area contributed by atoms with Crippen LogP contribution in [0.3, 0.4) is 0 Å². The van der Waals surface area contributed by atoms with Gasteiger partial charge in [0, 0.05) is 23.6 Å². The summed E-state index contributed by atoms with van der Waals surface area (Å²) in [5.41, 5.74) is 0.248. The molecule has 1 atom stereocenters. The molecule has 0 heterocycles. The number of benzene rings is 1. The molecular weight excluding hydrogens is 214 g/mol. The molecular formula is C10H14BFO4. The van der Waals surface area contributed by atoms with Crippen molar-refractivity contribution in [3.63, 3.8) is 0 Å². The summed E-state index contributed by atoms with van der Waals surface area (Å²) in [5, 5.41) is 26.8. The first-order chi connectivity index (χ1) is 7.51. The molecule has 0 radical (unpaired) electrons. The van der Waals surface area contributed by atoms with Crippen LogP contribution in [0.2, 0.25) is 0 Å². The molecule has 88 valence electrons. The van der Waals surface area contributed by atoms with E-state index in [0.717, 1.165) is 6.07 Å². The summed E-state index contributed by atoms with van der Waals surface area (Å²) in [6.45, 7) is 1.57. The standard InChI is InChI=1S/C10H14BFO4/c1-6(5-13)7-3-9(12)8(11(14)15)4-10(7)16-2/h3-4,6,13-15H,5H2,1-2H3. The Morgan fingerprint density at radius 1 is 1.44 bits per heavy atom. The molecule has 1 aromatic rings. The molecule has 16 heavy (non-hydrogen) atoms. The molecule has 4 nitrogen and oxygen atoms in total. The first kappa shape index (κ1) is 13.0. The maximum absolute atomic E-state index is 13.5. The smallest absolute Gasteiger partial charge is 0.491 e. The lowest BCUT2D eigenvalue weighted by Gasteiger charge is -2.15. The van der Waals surface area contributed by atoms with Crippen molar-refractivity contribution in [3.05, 3.63) is 23.5 Å². The van der Waals surface area contributed by atoms with Crippen LogP contribution in [-0.4, -0.2) is 36.0 Å². The third kappa shape index (κ3) is 2.52. The van der Waals surface area contributed by atoms with Crippen molar-refractivity contribution >= 4 is 12.6 Å². The molecule has 0 saturated heterocycles. The summed E-state index contributed by atoms with van der Waals surface area (Å²) < 4.78 is 18.5. The van der Waals surface area contributed by atoms with Crippen LogP contribution < -0.4 is 10.2 Å². The van der Waals surface area contributed by atoms with Crippen LogP contribution >= 0.6 is 0 Å². The average molecular weight is 228 g/mol. The highest BCUT2D eigenvalue weighted by Crippen LogP contribution is 2.26. The van der Waals surface area contributed by atoms with Crippen LogP contribution in [0.4, 0.5) is 4.39 Å². The second-order valence-corrected chi connectivity index (χ2v) is 3.57. The molecule has 0 aliphatic rings. The Bertz CT molecular complexity index is 370. The Balaban J connectivity index is 3.26. The van der Waals surface area contributed by atoms with Crippen LogP contribution in [0.1, 0.15) is 18.4 Å². The van der Waals surface area contributed by atoms with E-state index in [0.29, 0.717) is 11.3 Å². The van der Waals surface area contributed by atoms with Gasteiger partial charge in [-0.05, 0) is 12.1 Å². The average Bonchev–Trinajstić information content (AvgIpc) is 2.27. The van der Waals surface area contributed by atoms with Gasteiger partial charge in [-0.15, -0.1) is 0 Å². The maximum atomic E-state index is 13.5. The minimum absolute atomic E-state index is 0.142. The summed E-state index contributed by atoms with van der Waals surface area (Å²) in [6, 6.07) is 2.37. The number of aliphatic hydroxyl groups is 1. The Morgan fingerprint density at radius 3 is 2.50 bits per heavy atom. The molecule has 0 saturated carbocycles. The van der Waals surface area contributed by atoms with Crippen molar-refractivity contribution in [1.29, 1.82) is 0 Å². The zero-order valence-corrected chi connectivity index (χ0v) is 9.14. The number of aliphatic hydroxyl groups excluding tert-OH is 1. The predicted octanol–water partition coefficient (Wildman–Crippen LogP) is -0.390. The van der Waals surface area contributed by atoms with E-state index in [2.05, 4.69) is 0 Å². The van der Waals surface area contributed by atoms with Gasteiger partial charge in [-0.1, -0.05) is 6.92 Å². The minimum Gasteiger partial charge on any atom is -0.496 e. The molecule has 1 rings (SSSR count). The molecule has 6 heteroatoms. The van der Waals surface area contributed by atoms with E-state index in [4.69, 9.17) is 19.9 Å². The molecule has 3 N–H and O–H groups in total. The number of halogens is 1. The number of ether oxygens (including phenoxy) is 1. The lowest BCUT2D eigenvalue weighted by molar-refractivity contribution is 0.269. The molecule has 1 unspecified atom stereocenters. The molecule has 0 aromatic heterocycles. The number of rotatable bonds is 4. The van der Waals surface area contributed by atoms with Crippen molar-refractivity contribution in [2.24, 2.45) is 0 Å². The molecule has 1 aromatic carbocycles. The molecule has 0 fully saturated rings. The van der Waals surface area contributed by atoms with Gasteiger partial charge in [0.2, 0.25) is 0 Å². The second-order valence-electron chi connectivity index (χ2n) is 3.57. The number of hydrogen-bond acceptors (Lipinski definition) is 4. The number of methoxy groups -OCH3 is 1. The van der Waals surface area contributed by atoms with Gasteiger partial charge in [-0.3, -0.25) is 0 Å². The van der Waals surface area contributed by atoms with Gasteiger partial charge in [0.15, 0.2) is 0 Å². The first-order valence-electron chi connectivity index (χ1n) is 4.85. The van der Waals surface area contributed by atoms with Gasteiger partial charge < -0.3 is 19.9 Å². The van der Waals surface area contributed by atoms with Gasteiger partial charge in [0.05, 0.1) is 7.11 Å². The molecule has 0 aliphatic heterocycles. The fraction of sp³-hybridized carbons (Fsp3) is 0.400.